The van der Waals surface area contributed by atoms with Crippen LogP contribution >= 0.6 is 0 Å². The molecule has 2 atom stereocenters. The van der Waals surface area contributed by atoms with E-state index in [-0.39, 0.29) is 36.4 Å². The van der Waals surface area contributed by atoms with Gasteiger partial charge in [0.15, 0.2) is 0 Å². The van der Waals surface area contributed by atoms with E-state index < -0.39 is 17.9 Å². The number of primary amides is 1. The Kier molecular flexibility index (Phi) is 20.1. The van der Waals surface area contributed by atoms with Crippen molar-refractivity contribution in [1.29, 1.82) is 0 Å². The van der Waals surface area contributed by atoms with Crippen LogP contribution in [0.2, 0.25) is 0 Å². The van der Waals surface area contributed by atoms with Crippen molar-refractivity contribution in [1.82, 2.24) is 16.0 Å². The zero-order chi connectivity index (χ0) is 27.4. The van der Waals surface area contributed by atoms with Crippen molar-refractivity contribution in [2.24, 2.45) is 11.7 Å². The maximum absolute atomic E-state index is 11.8. The van der Waals surface area contributed by atoms with Crippen LogP contribution in [0.25, 0.3) is 0 Å². The fourth-order valence-corrected chi connectivity index (χ4v) is 2.31. The standard InChI is InChI=1S/C13H23N4O4.C7H8.C5H10O2.Fm/c1-8(2)12(16-7-18)13(21)15-6-11(20)17-9(3)4-5-10(14)19;1-7-5-3-2-4-6-7;1-5(2,3)7-4-6;/h8-9,12H,4-6H2,1-3H3,(H2,14,19)(H,15,21)(H,16,18)(H,17,20);2-6H,1H3;4H,1-3H3;/q-1;;;. The maximum Gasteiger partial charge on any atom is 0.293 e. The third-order valence-electron chi connectivity index (χ3n) is 4.16. The summed E-state index contributed by atoms with van der Waals surface area (Å²) in [5.41, 5.74) is 6.02. The predicted molar refractivity (Wildman–Crippen MR) is 135 cm³/mol. The molecule has 0 aliphatic rings. The minimum Gasteiger partial charge on any atom is -0.520 e. The number of hydrogen-bond acceptors (Lipinski definition) is 6. The molecule has 210 valence electrons. The van der Waals surface area contributed by atoms with E-state index in [1.54, 1.807) is 20.8 Å². The van der Waals surface area contributed by atoms with E-state index in [1.807, 2.05) is 39.0 Å². The van der Waals surface area contributed by atoms with Crippen LogP contribution in [0.5, 0.6) is 0 Å². The quantitative estimate of drug-likeness (QED) is 0.153. The van der Waals surface area contributed by atoms with E-state index in [0.717, 1.165) is 0 Å². The van der Waals surface area contributed by atoms with Crippen LogP contribution in [-0.4, -0.2) is 54.8 Å². The minimum absolute atomic E-state index is 0. The molecule has 5 N–H and O–H groups in total. The first-order valence-electron chi connectivity index (χ1n) is 11.3. The Balaban J connectivity index is -0.000000588. The average Bonchev–Trinajstić information content (AvgIpc) is 2.75. The smallest absolute Gasteiger partial charge is 0.293 e. The molecule has 0 radical (unpaired) electrons. The monoisotopic (exact) mass is 750 g/mol. The van der Waals surface area contributed by atoms with Crippen molar-refractivity contribution in [3.05, 3.63) is 35.9 Å². The molecule has 1 aromatic rings. The normalized spacial score (nSPS) is 11.4. The van der Waals surface area contributed by atoms with Crippen LogP contribution in [-0.2, 0) is 28.7 Å². The summed E-state index contributed by atoms with van der Waals surface area (Å²) in [5, 5.41) is 7.34. The third-order valence-corrected chi connectivity index (χ3v) is 4.16. The summed E-state index contributed by atoms with van der Waals surface area (Å²) in [5.74, 6) is -1.38. The van der Waals surface area contributed by atoms with E-state index in [0.29, 0.717) is 12.9 Å². The number of benzene rings is 1. The Morgan fingerprint density at radius 1 is 1.11 bits per heavy atom. The number of aryl methyl sites for hydroxylation is 1. The average molecular weight is 751 g/mol. The van der Waals surface area contributed by atoms with Gasteiger partial charge in [0.2, 0.25) is 17.7 Å². The maximum atomic E-state index is 11.8. The van der Waals surface area contributed by atoms with Gasteiger partial charge in [0.1, 0.15) is 5.60 Å². The molecule has 0 heterocycles. The van der Waals surface area contributed by atoms with Gasteiger partial charge in [-0.1, -0.05) is 49.7 Å². The van der Waals surface area contributed by atoms with Crippen LogP contribution in [0.15, 0.2) is 30.3 Å². The fourth-order valence-electron chi connectivity index (χ4n) is 2.31. The van der Waals surface area contributed by atoms with Crippen LogP contribution in [0.4, 0.5) is 0 Å². The molecule has 0 aliphatic carbocycles. The summed E-state index contributed by atoms with van der Waals surface area (Å²) in [6.45, 7) is 13.1. The molecule has 0 aliphatic heterocycles. The molecule has 0 aromatic heterocycles. The number of hydrogen-bond donors (Lipinski definition) is 4. The molecular weight excluding hydrogens is 709 g/mol. The Bertz CT molecular complexity index is 770. The molecule has 0 fully saturated rings. The second-order valence-corrected chi connectivity index (χ2v) is 9.14. The van der Waals surface area contributed by atoms with Gasteiger partial charge in [0.25, 0.3) is 6.47 Å². The van der Waals surface area contributed by atoms with Crippen molar-refractivity contribution in [3.8, 4) is 0 Å². The first-order valence-corrected chi connectivity index (χ1v) is 11.3. The number of nitrogens with one attached hydrogen (secondary N) is 3. The van der Waals surface area contributed by atoms with Gasteiger partial charge in [-0.2, -0.15) is 6.41 Å². The van der Waals surface area contributed by atoms with Crippen LogP contribution in [0.1, 0.15) is 59.9 Å². The number of amides is 4. The molecule has 0 spiro atoms. The molecule has 0 saturated carbocycles. The molecule has 0 saturated heterocycles. The summed E-state index contributed by atoms with van der Waals surface area (Å²) < 4.78 is 4.55. The Labute approximate surface area is 208 Å². The first kappa shape index (κ1) is 36.1. The number of carbonyl (C=O) groups excluding carboxylic acids is 5. The number of nitrogens with two attached hydrogens (primary N) is 1. The van der Waals surface area contributed by atoms with Gasteiger partial charge in [0.05, 0.1) is 12.6 Å². The second kappa shape index (κ2) is 20.0. The summed E-state index contributed by atoms with van der Waals surface area (Å²) in [7, 11) is 0. The number of rotatable bonds is 11. The van der Waals surface area contributed by atoms with Crippen molar-refractivity contribution >= 4 is 30.6 Å². The van der Waals surface area contributed by atoms with E-state index in [2.05, 4.69) is 39.7 Å². The van der Waals surface area contributed by atoms with Gasteiger partial charge in [-0.3, -0.25) is 19.2 Å². The van der Waals surface area contributed by atoms with Gasteiger partial charge < -0.3 is 31.2 Å². The van der Waals surface area contributed by atoms with Crippen molar-refractivity contribution < 1.29 is 28.7 Å². The molecule has 0 bridgehead atoms. The number of ether oxygens (including phenoxy) is 1. The molecule has 1 aromatic carbocycles. The zero-order valence-electron chi connectivity index (χ0n) is 22.1. The summed E-state index contributed by atoms with van der Waals surface area (Å²) in [6, 6.07) is 9.31. The van der Waals surface area contributed by atoms with Crippen LogP contribution in [0, 0.1) is 12.8 Å². The molecule has 36 heavy (non-hydrogen) atoms. The molecule has 11 heteroatoms. The summed E-state index contributed by atoms with van der Waals surface area (Å²) >= 11 is 0. The van der Waals surface area contributed by atoms with Gasteiger partial charge >= 0.3 is 0 Å². The Hall–Kier alpha value is -4.43. The number of carbonyl (C=O) groups is 4. The van der Waals surface area contributed by atoms with E-state index in [4.69, 9.17) is 5.73 Å². The first-order chi connectivity index (χ1) is 16.2. The molecule has 4 amide bonds. The van der Waals surface area contributed by atoms with Gasteiger partial charge in [-0.05, 0) is 47.0 Å². The second-order valence-electron chi connectivity index (χ2n) is 9.14. The topological polar surface area (TPSA) is 157 Å². The fraction of sp³-hybridized carbons (Fsp3) is 0.560. The molecule has 10 nitrogen and oxygen atoms in total. The SMILES string of the molecule is CC(C)(C)OC=O.CC(CCC(N)=O)NC(=O)CNC(=O)C(N[C-]=O)C(C)C.Cc1ccccc1.[Fm]. The zero-order valence-corrected chi connectivity index (χ0v) is 24.5. The van der Waals surface area contributed by atoms with Crippen LogP contribution < -0.4 is 21.7 Å². The predicted octanol–water partition coefficient (Wildman–Crippen LogP) is 1.51. The van der Waals surface area contributed by atoms with E-state index in [9.17, 15) is 24.0 Å². The minimum atomic E-state index is -0.734. The third kappa shape index (κ3) is 22.8. The van der Waals surface area contributed by atoms with Crippen LogP contribution in [0.3, 0.4) is 0 Å². The van der Waals surface area contributed by atoms with E-state index >= 15 is 0 Å². The Morgan fingerprint density at radius 2 is 1.67 bits per heavy atom. The van der Waals surface area contributed by atoms with Crippen molar-refractivity contribution in [2.75, 3.05) is 6.54 Å². The molecule has 1 rings (SSSR count). The van der Waals surface area contributed by atoms with Gasteiger partial charge in [-0.15, -0.1) is 0 Å². The molecular formula is C25H41FmN4O6-. The Morgan fingerprint density at radius 3 is 2.00 bits per heavy atom. The largest absolute Gasteiger partial charge is 0.520 e. The van der Waals surface area contributed by atoms with Crippen molar-refractivity contribution in [2.45, 2.75) is 79.0 Å². The van der Waals surface area contributed by atoms with Crippen molar-refractivity contribution in [3.63, 3.8) is 0 Å². The van der Waals surface area contributed by atoms with Gasteiger partial charge in [0, 0.05) is 12.5 Å². The van der Waals surface area contributed by atoms with Gasteiger partial charge in [-0.25, -0.2) is 0 Å². The van der Waals surface area contributed by atoms with E-state index in [1.165, 1.54) is 12.0 Å². The summed E-state index contributed by atoms with van der Waals surface area (Å²) in [4.78, 5) is 53.9. The molecule has 2 unspecified atom stereocenters. The summed E-state index contributed by atoms with van der Waals surface area (Å²) in [6.07, 6.45) is 2.09.